The molecule has 2 aliphatic heterocycles. The zero-order chi connectivity index (χ0) is 19.3. The molecule has 2 aromatic carbocycles. The van der Waals surface area contributed by atoms with E-state index in [1.165, 1.54) is 12.1 Å². The van der Waals surface area contributed by atoms with E-state index in [4.69, 9.17) is 14.2 Å². The Balaban J connectivity index is 1.61. The monoisotopic (exact) mass is 381 g/mol. The van der Waals surface area contributed by atoms with Crippen LogP contribution in [-0.2, 0) is 4.79 Å². The minimum Gasteiger partial charge on any atom is -0.493 e. The molecule has 0 saturated heterocycles. The van der Waals surface area contributed by atoms with E-state index >= 15 is 0 Å². The smallest absolute Gasteiger partial charge is 0.231 e. The van der Waals surface area contributed by atoms with Crippen LogP contribution in [0.25, 0.3) is 5.69 Å². The highest BCUT2D eigenvalue weighted by atomic mass is 19.1. The fourth-order valence-electron chi connectivity index (χ4n) is 3.63. The maximum absolute atomic E-state index is 13.3. The number of carbonyl (C=O) groups is 1. The van der Waals surface area contributed by atoms with Crippen LogP contribution in [-0.4, -0.2) is 29.4 Å². The summed E-state index contributed by atoms with van der Waals surface area (Å²) in [5.41, 5.74) is 2.28. The van der Waals surface area contributed by atoms with Gasteiger partial charge in [-0.2, -0.15) is 0 Å². The number of aromatic nitrogens is 2. The Morgan fingerprint density at radius 2 is 2.07 bits per heavy atom. The SMILES string of the molecule is COc1cc([C@@H]2CC(=O)Nc3c2ncn3-c2ccc(F)cc2)cc2c1OCO2. The molecule has 5 rings (SSSR count). The molecule has 1 aromatic heterocycles. The first-order valence-electron chi connectivity index (χ1n) is 8.74. The average Bonchev–Trinajstić information content (AvgIpc) is 3.34. The molecular formula is C20H16FN3O4. The summed E-state index contributed by atoms with van der Waals surface area (Å²) in [6, 6.07) is 9.71. The first-order valence-corrected chi connectivity index (χ1v) is 8.74. The second-order valence-electron chi connectivity index (χ2n) is 6.59. The van der Waals surface area contributed by atoms with Crippen molar-refractivity contribution < 1.29 is 23.4 Å². The molecule has 1 amide bonds. The molecular weight excluding hydrogens is 365 g/mol. The number of amides is 1. The molecule has 1 atom stereocenters. The van der Waals surface area contributed by atoms with Crippen LogP contribution >= 0.6 is 0 Å². The number of imidazole rings is 1. The molecule has 0 aliphatic carbocycles. The highest BCUT2D eigenvalue weighted by Crippen LogP contribution is 2.46. The first-order chi connectivity index (χ1) is 13.6. The van der Waals surface area contributed by atoms with Gasteiger partial charge in [-0.3, -0.25) is 9.36 Å². The lowest BCUT2D eigenvalue weighted by Gasteiger charge is -2.24. The maximum atomic E-state index is 13.3. The molecule has 142 valence electrons. The fourth-order valence-corrected chi connectivity index (χ4v) is 3.63. The number of ether oxygens (including phenoxy) is 3. The van der Waals surface area contributed by atoms with Crippen LogP contribution in [0.4, 0.5) is 10.2 Å². The topological polar surface area (TPSA) is 74.6 Å². The molecule has 1 N–H and O–H groups in total. The van der Waals surface area contributed by atoms with E-state index in [-0.39, 0.29) is 30.9 Å². The molecule has 3 aromatic rings. The van der Waals surface area contributed by atoms with Crippen LogP contribution in [0.5, 0.6) is 17.2 Å². The summed E-state index contributed by atoms with van der Waals surface area (Å²) in [6.07, 6.45) is 1.87. The number of rotatable bonds is 3. The predicted octanol–water partition coefficient (Wildman–Crippen LogP) is 3.22. The first kappa shape index (κ1) is 16.6. The van der Waals surface area contributed by atoms with Crippen molar-refractivity contribution in [3.63, 3.8) is 0 Å². The van der Waals surface area contributed by atoms with Gasteiger partial charge in [-0.05, 0) is 42.0 Å². The minimum atomic E-state index is -0.327. The van der Waals surface area contributed by atoms with E-state index in [9.17, 15) is 9.18 Å². The van der Waals surface area contributed by atoms with Gasteiger partial charge in [0, 0.05) is 18.0 Å². The van der Waals surface area contributed by atoms with Crippen molar-refractivity contribution in [2.24, 2.45) is 0 Å². The molecule has 28 heavy (non-hydrogen) atoms. The number of methoxy groups -OCH3 is 1. The number of hydrogen-bond donors (Lipinski definition) is 1. The van der Waals surface area contributed by atoms with Crippen LogP contribution in [0.15, 0.2) is 42.7 Å². The molecule has 0 fully saturated rings. The largest absolute Gasteiger partial charge is 0.493 e. The lowest BCUT2D eigenvalue weighted by Crippen LogP contribution is -2.25. The van der Waals surface area contributed by atoms with Crippen LogP contribution in [0.1, 0.15) is 23.6 Å². The number of hydrogen-bond acceptors (Lipinski definition) is 5. The lowest BCUT2D eigenvalue weighted by atomic mass is 9.89. The van der Waals surface area contributed by atoms with E-state index in [0.29, 0.717) is 28.8 Å². The fraction of sp³-hybridized carbons (Fsp3) is 0.200. The van der Waals surface area contributed by atoms with Crippen molar-refractivity contribution in [2.45, 2.75) is 12.3 Å². The van der Waals surface area contributed by atoms with Crippen molar-refractivity contribution >= 4 is 11.7 Å². The van der Waals surface area contributed by atoms with Gasteiger partial charge in [-0.1, -0.05) is 0 Å². The van der Waals surface area contributed by atoms with E-state index in [2.05, 4.69) is 10.3 Å². The van der Waals surface area contributed by atoms with Crippen LogP contribution in [0.3, 0.4) is 0 Å². The molecule has 2 aliphatic rings. The summed E-state index contributed by atoms with van der Waals surface area (Å²) in [4.78, 5) is 17.0. The Kier molecular flexibility index (Phi) is 3.71. The molecule has 0 spiro atoms. The van der Waals surface area contributed by atoms with Gasteiger partial charge in [0.25, 0.3) is 0 Å². The van der Waals surface area contributed by atoms with Crippen LogP contribution in [0, 0.1) is 5.82 Å². The molecule has 0 unspecified atom stereocenters. The number of halogens is 1. The Hall–Kier alpha value is -3.55. The number of nitrogens with zero attached hydrogens (tertiary/aromatic N) is 2. The highest BCUT2D eigenvalue weighted by molar-refractivity contribution is 5.94. The summed E-state index contributed by atoms with van der Waals surface area (Å²) in [7, 11) is 1.56. The van der Waals surface area contributed by atoms with Gasteiger partial charge < -0.3 is 19.5 Å². The summed E-state index contributed by atoms with van der Waals surface area (Å²) in [5, 5.41) is 2.88. The third kappa shape index (κ3) is 2.57. The quantitative estimate of drug-likeness (QED) is 0.754. The highest BCUT2D eigenvalue weighted by Gasteiger charge is 2.33. The van der Waals surface area contributed by atoms with Crippen molar-refractivity contribution in [3.8, 4) is 22.9 Å². The zero-order valence-electron chi connectivity index (χ0n) is 14.9. The van der Waals surface area contributed by atoms with Gasteiger partial charge in [0.1, 0.15) is 18.0 Å². The normalized spacial score (nSPS) is 17.2. The van der Waals surface area contributed by atoms with E-state index in [1.54, 1.807) is 30.1 Å². The molecule has 8 heteroatoms. The third-order valence-electron chi connectivity index (χ3n) is 4.96. The molecule has 0 radical (unpaired) electrons. The van der Waals surface area contributed by atoms with Gasteiger partial charge in [-0.15, -0.1) is 0 Å². The Morgan fingerprint density at radius 3 is 2.86 bits per heavy atom. The van der Waals surface area contributed by atoms with Crippen molar-refractivity contribution in [3.05, 3.63) is 59.8 Å². The maximum Gasteiger partial charge on any atom is 0.231 e. The van der Waals surface area contributed by atoms with Gasteiger partial charge in [0.15, 0.2) is 11.5 Å². The van der Waals surface area contributed by atoms with Gasteiger partial charge in [0.05, 0.1) is 12.8 Å². The predicted molar refractivity (Wildman–Crippen MR) is 97.7 cm³/mol. The van der Waals surface area contributed by atoms with Crippen molar-refractivity contribution in [1.82, 2.24) is 9.55 Å². The second-order valence-corrected chi connectivity index (χ2v) is 6.59. The van der Waals surface area contributed by atoms with E-state index in [1.807, 2.05) is 12.1 Å². The summed E-state index contributed by atoms with van der Waals surface area (Å²) in [6.45, 7) is 0.130. The Morgan fingerprint density at radius 1 is 1.25 bits per heavy atom. The molecule has 7 nitrogen and oxygen atoms in total. The van der Waals surface area contributed by atoms with E-state index in [0.717, 1.165) is 11.3 Å². The van der Waals surface area contributed by atoms with Gasteiger partial charge in [0.2, 0.25) is 18.4 Å². The van der Waals surface area contributed by atoms with Crippen LogP contribution < -0.4 is 19.5 Å². The molecule has 0 bridgehead atoms. The number of anilines is 1. The zero-order valence-corrected chi connectivity index (χ0v) is 14.9. The summed E-state index contributed by atoms with van der Waals surface area (Å²) in [5.74, 6) is 1.54. The number of fused-ring (bicyclic) bond motifs is 2. The number of carbonyl (C=O) groups excluding carboxylic acids is 1. The average molecular weight is 381 g/mol. The summed E-state index contributed by atoms with van der Waals surface area (Å²) >= 11 is 0. The number of nitrogens with one attached hydrogen (secondary N) is 1. The second kappa shape index (κ2) is 6.26. The lowest BCUT2D eigenvalue weighted by molar-refractivity contribution is -0.116. The van der Waals surface area contributed by atoms with Crippen molar-refractivity contribution in [2.75, 3.05) is 19.2 Å². The molecule has 3 heterocycles. The van der Waals surface area contributed by atoms with Crippen LogP contribution in [0.2, 0.25) is 0 Å². The molecule has 0 saturated carbocycles. The number of benzene rings is 2. The van der Waals surface area contributed by atoms with Gasteiger partial charge in [-0.25, -0.2) is 9.37 Å². The minimum absolute atomic E-state index is 0.127. The summed E-state index contributed by atoms with van der Waals surface area (Å²) < 4.78 is 31.4. The Bertz CT molecular complexity index is 1080. The van der Waals surface area contributed by atoms with Gasteiger partial charge >= 0.3 is 0 Å². The third-order valence-corrected chi connectivity index (χ3v) is 4.96. The van der Waals surface area contributed by atoms with Crippen molar-refractivity contribution in [1.29, 1.82) is 0 Å². The standard InChI is InChI=1S/C20H16FN3O4/c1-26-15-6-11(7-16-19(15)28-10-27-16)14-8-17(25)23-20-18(14)22-9-24(20)13-4-2-12(21)3-5-13/h2-7,9,14H,8,10H2,1H3,(H,23,25)/t14-/m0/s1. The van der Waals surface area contributed by atoms with E-state index < -0.39 is 0 Å². The Labute approximate surface area is 159 Å².